The van der Waals surface area contributed by atoms with E-state index < -0.39 is 10.0 Å². The van der Waals surface area contributed by atoms with Crippen LogP contribution in [0.4, 0.5) is 11.4 Å². The maximum absolute atomic E-state index is 11.8. The molecule has 1 aliphatic rings. The molecule has 1 aromatic rings. The number of nitrogen functional groups attached to an aromatic ring is 1. The molecule has 0 saturated heterocycles. The minimum Gasteiger partial charge on any atom is -0.497 e. The van der Waals surface area contributed by atoms with Crippen molar-refractivity contribution in [1.29, 1.82) is 0 Å². The normalized spacial score (nSPS) is 15.6. The van der Waals surface area contributed by atoms with Gasteiger partial charge in [-0.25, -0.2) is 8.42 Å². The van der Waals surface area contributed by atoms with Gasteiger partial charge in [0.2, 0.25) is 10.0 Å². The third-order valence-electron chi connectivity index (χ3n) is 2.68. The van der Waals surface area contributed by atoms with Crippen molar-refractivity contribution >= 4 is 21.4 Å². The summed E-state index contributed by atoms with van der Waals surface area (Å²) in [5.41, 5.74) is 6.52. The third-order valence-corrected chi connectivity index (χ3v) is 4.12. The quantitative estimate of drug-likeness (QED) is 0.781. The van der Waals surface area contributed by atoms with Crippen molar-refractivity contribution in [3.63, 3.8) is 0 Å². The van der Waals surface area contributed by atoms with Crippen molar-refractivity contribution in [3.05, 3.63) is 18.2 Å². The van der Waals surface area contributed by atoms with Crippen LogP contribution in [0.1, 0.15) is 12.8 Å². The van der Waals surface area contributed by atoms with Crippen molar-refractivity contribution in [2.24, 2.45) is 5.92 Å². The highest BCUT2D eigenvalue weighted by molar-refractivity contribution is 7.92. The second kappa shape index (κ2) is 4.44. The highest BCUT2D eigenvalue weighted by atomic mass is 32.2. The number of benzene rings is 1. The second-order valence-electron chi connectivity index (χ2n) is 4.28. The van der Waals surface area contributed by atoms with Gasteiger partial charge in [-0.05, 0) is 30.9 Å². The molecule has 0 amide bonds. The topological polar surface area (TPSA) is 81.4 Å². The predicted octanol–water partition coefficient (Wildman–Crippen LogP) is 1.43. The minimum absolute atomic E-state index is 0.179. The van der Waals surface area contributed by atoms with Gasteiger partial charge in [0, 0.05) is 6.07 Å². The van der Waals surface area contributed by atoms with Gasteiger partial charge < -0.3 is 10.5 Å². The van der Waals surface area contributed by atoms with Crippen molar-refractivity contribution in [2.75, 3.05) is 23.3 Å². The van der Waals surface area contributed by atoms with E-state index in [1.807, 2.05) is 0 Å². The van der Waals surface area contributed by atoms with Crippen LogP contribution in [-0.4, -0.2) is 21.3 Å². The zero-order valence-corrected chi connectivity index (χ0v) is 10.5. The molecule has 0 aliphatic heterocycles. The third kappa shape index (κ3) is 3.26. The van der Waals surface area contributed by atoms with Crippen LogP contribution in [0.25, 0.3) is 0 Å². The van der Waals surface area contributed by atoms with Gasteiger partial charge in [-0.15, -0.1) is 0 Å². The largest absolute Gasteiger partial charge is 0.497 e. The van der Waals surface area contributed by atoms with E-state index in [1.54, 1.807) is 18.2 Å². The Morgan fingerprint density at radius 2 is 2.18 bits per heavy atom. The number of methoxy groups -OCH3 is 1. The highest BCUT2D eigenvalue weighted by Gasteiger charge is 2.28. The van der Waals surface area contributed by atoms with Crippen LogP contribution in [0.5, 0.6) is 5.75 Å². The Morgan fingerprint density at radius 1 is 1.47 bits per heavy atom. The zero-order valence-electron chi connectivity index (χ0n) is 9.64. The van der Waals surface area contributed by atoms with Gasteiger partial charge in [0.25, 0.3) is 0 Å². The maximum Gasteiger partial charge on any atom is 0.233 e. The molecule has 0 heterocycles. The van der Waals surface area contributed by atoms with Gasteiger partial charge in [0.1, 0.15) is 5.75 Å². The zero-order chi connectivity index (χ0) is 12.5. The number of anilines is 2. The lowest BCUT2D eigenvalue weighted by Crippen LogP contribution is -2.18. The maximum atomic E-state index is 11.8. The smallest absolute Gasteiger partial charge is 0.233 e. The molecule has 1 fully saturated rings. The van der Waals surface area contributed by atoms with Crippen molar-refractivity contribution in [1.82, 2.24) is 0 Å². The van der Waals surface area contributed by atoms with Crippen LogP contribution in [-0.2, 0) is 10.0 Å². The standard InChI is InChI=1S/C11H16N2O3S/c1-16-9-4-5-11(10(12)6-9)13-17(14,15)7-8-2-3-8/h4-6,8,13H,2-3,7,12H2,1H3. The van der Waals surface area contributed by atoms with Crippen LogP contribution in [0.3, 0.4) is 0 Å². The van der Waals surface area contributed by atoms with Gasteiger partial charge in [0.15, 0.2) is 0 Å². The average molecular weight is 256 g/mol. The number of nitrogens with one attached hydrogen (secondary N) is 1. The molecule has 0 unspecified atom stereocenters. The van der Waals surface area contributed by atoms with E-state index in [4.69, 9.17) is 10.5 Å². The number of rotatable bonds is 5. The predicted molar refractivity (Wildman–Crippen MR) is 67.5 cm³/mol. The highest BCUT2D eigenvalue weighted by Crippen LogP contribution is 2.31. The summed E-state index contributed by atoms with van der Waals surface area (Å²) in [5, 5.41) is 0. The van der Waals surface area contributed by atoms with E-state index in [0.29, 0.717) is 23.0 Å². The fraction of sp³-hybridized carbons (Fsp3) is 0.455. The summed E-state index contributed by atoms with van der Waals surface area (Å²) in [5.74, 6) is 1.10. The summed E-state index contributed by atoms with van der Waals surface area (Å²) in [7, 11) is -1.75. The Morgan fingerprint density at radius 3 is 2.71 bits per heavy atom. The molecule has 94 valence electrons. The molecule has 1 saturated carbocycles. The number of hydrogen-bond donors (Lipinski definition) is 2. The first kappa shape index (κ1) is 12.0. The number of hydrogen-bond acceptors (Lipinski definition) is 4. The van der Waals surface area contributed by atoms with Crippen molar-refractivity contribution in [3.8, 4) is 5.75 Å². The summed E-state index contributed by atoms with van der Waals surface area (Å²) in [6.07, 6.45) is 2.00. The summed E-state index contributed by atoms with van der Waals surface area (Å²) in [6.45, 7) is 0. The molecule has 1 aliphatic carbocycles. The van der Waals surface area contributed by atoms with E-state index in [-0.39, 0.29) is 5.75 Å². The average Bonchev–Trinajstić information content (AvgIpc) is 3.04. The van der Waals surface area contributed by atoms with Crippen molar-refractivity contribution in [2.45, 2.75) is 12.8 Å². The fourth-order valence-electron chi connectivity index (χ4n) is 1.56. The van der Waals surface area contributed by atoms with Crippen LogP contribution in [0.15, 0.2) is 18.2 Å². The van der Waals surface area contributed by atoms with Crippen LogP contribution < -0.4 is 15.2 Å². The molecular weight excluding hydrogens is 240 g/mol. The van der Waals surface area contributed by atoms with E-state index in [0.717, 1.165) is 12.8 Å². The molecule has 0 spiro atoms. The first-order valence-corrected chi connectivity index (χ1v) is 7.09. The van der Waals surface area contributed by atoms with Gasteiger partial charge in [-0.2, -0.15) is 0 Å². The molecule has 17 heavy (non-hydrogen) atoms. The molecule has 0 atom stereocenters. The first-order chi connectivity index (χ1) is 8.00. The molecule has 1 aromatic carbocycles. The summed E-state index contributed by atoms with van der Waals surface area (Å²) in [4.78, 5) is 0. The van der Waals surface area contributed by atoms with Gasteiger partial charge >= 0.3 is 0 Å². The Kier molecular flexibility index (Phi) is 3.15. The number of sulfonamides is 1. The lowest BCUT2D eigenvalue weighted by atomic mass is 10.2. The fourth-order valence-corrected chi connectivity index (χ4v) is 3.12. The Balaban J connectivity index is 2.12. The molecule has 0 bridgehead atoms. The Bertz CT molecular complexity index is 509. The van der Waals surface area contributed by atoms with Crippen LogP contribution >= 0.6 is 0 Å². The number of nitrogens with two attached hydrogens (primary N) is 1. The molecule has 0 aromatic heterocycles. The lowest BCUT2D eigenvalue weighted by molar-refractivity contribution is 0.415. The van der Waals surface area contributed by atoms with E-state index in [2.05, 4.69) is 4.72 Å². The number of ether oxygens (including phenoxy) is 1. The summed E-state index contributed by atoms with van der Waals surface area (Å²) < 4.78 is 31.0. The van der Waals surface area contributed by atoms with Crippen LogP contribution in [0, 0.1) is 5.92 Å². The van der Waals surface area contributed by atoms with Crippen LogP contribution in [0.2, 0.25) is 0 Å². The van der Waals surface area contributed by atoms with Gasteiger partial charge in [-0.1, -0.05) is 0 Å². The first-order valence-electron chi connectivity index (χ1n) is 5.44. The minimum atomic E-state index is -3.28. The Labute approximate surface area is 101 Å². The van der Waals surface area contributed by atoms with E-state index in [9.17, 15) is 8.42 Å². The molecular formula is C11H16N2O3S. The molecule has 0 radical (unpaired) electrons. The monoisotopic (exact) mass is 256 g/mol. The van der Waals surface area contributed by atoms with E-state index >= 15 is 0 Å². The molecule has 2 rings (SSSR count). The molecule has 3 N–H and O–H groups in total. The molecule has 6 heteroatoms. The van der Waals surface area contributed by atoms with E-state index in [1.165, 1.54) is 7.11 Å². The Hall–Kier alpha value is -1.43. The van der Waals surface area contributed by atoms with Crippen molar-refractivity contribution < 1.29 is 13.2 Å². The summed E-state index contributed by atoms with van der Waals surface area (Å²) >= 11 is 0. The lowest BCUT2D eigenvalue weighted by Gasteiger charge is -2.10. The summed E-state index contributed by atoms with van der Waals surface area (Å²) in [6, 6.07) is 4.87. The molecule has 5 nitrogen and oxygen atoms in total. The second-order valence-corrected chi connectivity index (χ2v) is 6.05. The van der Waals surface area contributed by atoms with Gasteiger partial charge in [0.05, 0.1) is 24.2 Å². The van der Waals surface area contributed by atoms with Gasteiger partial charge in [-0.3, -0.25) is 4.72 Å². The SMILES string of the molecule is COc1ccc(NS(=O)(=O)CC2CC2)c(N)c1.